The summed E-state index contributed by atoms with van der Waals surface area (Å²) in [6.45, 7) is 0. The minimum absolute atomic E-state index is 0.0737. The molecule has 7 heteroatoms. The minimum Gasteiger partial charge on any atom is -0.476 e. The molecule has 6 nitrogen and oxygen atoms in total. The van der Waals surface area contributed by atoms with E-state index in [1.165, 1.54) is 11.8 Å². The van der Waals surface area contributed by atoms with Gasteiger partial charge >= 0.3 is 5.97 Å². The number of benzene rings is 1. The molecule has 0 bridgehead atoms. The molecule has 0 saturated heterocycles. The number of carboxylic acid groups (broad SMARTS) is 1. The fourth-order valence-electron chi connectivity index (χ4n) is 1.26. The van der Waals surface area contributed by atoms with Crippen LogP contribution in [0, 0.1) is 11.2 Å². The van der Waals surface area contributed by atoms with Crippen LogP contribution >= 0.6 is 11.8 Å². The second-order valence-corrected chi connectivity index (χ2v) is 3.97. The van der Waals surface area contributed by atoms with Gasteiger partial charge in [0.05, 0.1) is 0 Å². The molecule has 19 heavy (non-hydrogen) atoms. The topological polar surface area (TPSA) is 88.1 Å². The number of nitrogens with one attached hydrogen (secondary N) is 1. The molecule has 1 aromatic heterocycles. The number of H-pyrrole nitrogens is 1. The van der Waals surface area contributed by atoms with Crippen LogP contribution in [0.25, 0.3) is 0 Å². The molecule has 0 saturated carbocycles. The SMILES string of the molecule is CSC#Cc1ccc(Oc2nn[nH]c2C(=O)O)cc1. The van der Waals surface area contributed by atoms with E-state index in [4.69, 9.17) is 9.84 Å². The van der Waals surface area contributed by atoms with Gasteiger partial charge in [0.15, 0.2) is 0 Å². The molecule has 96 valence electrons. The van der Waals surface area contributed by atoms with E-state index in [2.05, 4.69) is 26.6 Å². The molecule has 2 rings (SSSR count). The summed E-state index contributed by atoms with van der Waals surface area (Å²) in [5, 5.41) is 20.9. The van der Waals surface area contributed by atoms with Crippen molar-refractivity contribution in [3.63, 3.8) is 0 Å². The molecule has 0 atom stereocenters. The molecule has 0 spiro atoms. The fourth-order valence-corrected chi connectivity index (χ4v) is 1.48. The molecular weight excluding hydrogens is 266 g/mol. The first-order valence-electron chi connectivity index (χ1n) is 5.17. The lowest BCUT2D eigenvalue weighted by Gasteiger charge is -2.02. The number of aromatic carboxylic acids is 1. The summed E-state index contributed by atoms with van der Waals surface area (Å²) < 4.78 is 5.33. The zero-order valence-corrected chi connectivity index (χ0v) is 10.7. The summed E-state index contributed by atoms with van der Waals surface area (Å²) in [5.74, 6) is 2.15. The normalized spacial score (nSPS) is 9.53. The monoisotopic (exact) mass is 275 g/mol. The van der Waals surface area contributed by atoms with Crippen LogP contribution in [0.3, 0.4) is 0 Å². The van der Waals surface area contributed by atoms with Gasteiger partial charge < -0.3 is 9.84 Å². The second-order valence-electron chi connectivity index (χ2n) is 3.35. The molecule has 0 aliphatic rings. The zero-order valence-electron chi connectivity index (χ0n) is 9.88. The summed E-state index contributed by atoms with van der Waals surface area (Å²) in [4.78, 5) is 10.8. The number of aromatic nitrogens is 3. The van der Waals surface area contributed by atoms with Gasteiger partial charge in [-0.2, -0.15) is 0 Å². The van der Waals surface area contributed by atoms with E-state index in [1.807, 2.05) is 6.26 Å². The van der Waals surface area contributed by atoms with Gasteiger partial charge in [-0.1, -0.05) is 28.0 Å². The summed E-state index contributed by atoms with van der Waals surface area (Å²) in [6.07, 6.45) is 1.89. The maximum Gasteiger partial charge on any atom is 0.359 e. The smallest absolute Gasteiger partial charge is 0.359 e. The van der Waals surface area contributed by atoms with Crippen molar-refractivity contribution < 1.29 is 14.6 Å². The van der Waals surface area contributed by atoms with Crippen LogP contribution in [0.4, 0.5) is 0 Å². The maximum absolute atomic E-state index is 10.8. The Bertz CT molecular complexity index is 640. The Morgan fingerprint density at radius 1 is 1.42 bits per heavy atom. The summed E-state index contributed by atoms with van der Waals surface area (Å²) in [5.41, 5.74) is 0.659. The minimum atomic E-state index is -1.18. The largest absolute Gasteiger partial charge is 0.476 e. The van der Waals surface area contributed by atoms with Gasteiger partial charge in [0, 0.05) is 5.56 Å². The third kappa shape index (κ3) is 3.26. The molecule has 2 N–H and O–H groups in total. The van der Waals surface area contributed by atoms with Gasteiger partial charge in [-0.05, 0) is 35.8 Å². The Labute approximate surface area is 113 Å². The van der Waals surface area contributed by atoms with Crippen LogP contribution in [0.2, 0.25) is 0 Å². The molecule has 2 aromatic rings. The number of rotatable bonds is 3. The number of thioether (sulfide) groups is 1. The van der Waals surface area contributed by atoms with Gasteiger partial charge in [-0.25, -0.2) is 9.89 Å². The number of ether oxygens (including phenoxy) is 1. The van der Waals surface area contributed by atoms with Crippen LogP contribution in [0.5, 0.6) is 11.6 Å². The Balaban J connectivity index is 2.15. The Kier molecular flexibility index (Phi) is 4.05. The molecule has 0 aliphatic carbocycles. The average molecular weight is 275 g/mol. The fraction of sp³-hybridized carbons (Fsp3) is 0.0833. The molecule has 0 unspecified atom stereocenters. The second kappa shape index (κ2) is 5.93. The molecule has 1 heterocycles. The van der Waals surface area contributed by atoms with Crippen molar-refractivity contribution in [2.45, 2.75) is 0 Å². The van der Waals surface area contributed by atoms with Crippen molar-refractivity contribution in [2.75, 3.05) is 6.26 Å². The molecule has 0 radical (unpaired) electrons. The van der Waals surface area contributed by atoms with Gasteiger partial charge in [0.2, 0.25) is 5.69 Å². The molecule has 0 amide bonds. The third-order valence-corrected chi connectivity index (χ3v) is 2.40. The van der Waals surface area contributed by atoms with Crippen molar-refractivity contribution in [3.8, 4) is 22.8 Å². The van der Waals surface area contributed by atoms with Crippen LogP contribution in [0.15, 0.2) is 24.3 Å². The van der Waals surface area contributed by atoms with Crippen molar-refractivity contribution in [3.05, 3.63) is 35.5 Å². The van der Waals surface area contributed by atoms with E-state index >= 15 is 0 Å². The number of carbonyl (C=O) groups is 1. The molecule has 1 aromatic carbocycles. The summed E-state index contributed by atoms with van der Waals surface area (Å²) in [7, 11) is 0. The zero-order chi connectivity index (χ0) is 13.7. The first kappa shape index (κ1) is 13.0. The quantitative estimate of drug-likeness (QED) is 0.833. The number of hydrogen-bond acceptors (Lipinski definition) is 5. The van der Waals surface area contributed by atoms with Crippen molar-refractivity contribution in [1.29, 1.82) is 0 Å². The first-order valence-corrected chi connectivity index (χ1v) is 6.39. The van der Waals surface area contributed by atoms with Gasteiger partial charge in [0.25, 0.3) is 5.88 Å². The lowest BCUT2D eigenvalue weighted by molar-refractivity contribution is 0.0687. The maximum atomic E-state index is 10.8. The summed E-state index contributed by atoms with van der Waals surface area (Å²) in [6, 6.07) is 6.92. The summed E-state index contributed by atoms with van der Waals surface area (Å²) >= 11 is 1.43. The van der Waals surface area contributed by atoms with Crippen molar-refractivity contribution >= 4 is 17.7 Å². The number of hydrogen-bond donors (Lipinski definition) is 2. The standard InChI is InChI=1S/C12H9N3O3S/c1-19-7-6-8-2-4-9(5-3-8)18-11-10(12(16)17)13-15-14-11/h2-5H,1H3,(H,16,17)(H,13,14,15). The Hall–Kier alpha value is -2.46. The lowest BCUT2D eigenvalue weighted by atomic mass is 10.2. The highest BCUT2D eigenvalue weighted by Crippen LogP contribution is 2.21. The molecule has 0 aliphatic heterocycles. The number of aromatic amines is 1. The molecular formula is C12H9N3O3S. The van der Waals surface area contributed by atoms with Gasteiger partial charge in [0.1, 0.15) is 5.75 Å². The highest BCUT2D eigenvalue weighted by atomic mass is 32.2. The van der Waals surface area contributed by atoms with Crippen molar-refractivity contribution in [2.24, 2.45) is 0 Å². The highest BCUT2D eigenvalue weighted by molar-refractivity contribution is 8.03. The van der Waals surface area contributed by atoms with E-state index in [-0.39, 0.29) is 11.6 Å². The lowest BCUT2D eigenvalue weighted by Crippen LogP contribution is -1.99. The highest BCUT2D eigenvalue weighted by Gasteiger charge is 2.16. The number of nitrogens with zero attached hydrogens (tertiary/aromatic N) is 2. The van der Waals surface area contributed by atoms with E-state index in [0.29, 0.717) is 5.75 Å². The van der Waals surface area contributed by atoms with E-state index < -0.39 is 5.97 Å². The van der Waals surface area contributed by atoms with E-state index in [9.17, 15) is 4.79 Å². The Morgan fingerprint density at radius 3 is 2.79 bits per heavy atom. The van der Waals surface area contributed by atoms with E-state index in [1.54, 1.807) is 24.3 Å². The average Bonchev–Trinajstić information content (AvgIpc) is 2.86. The third-order valence-electron chi connectivity index (χ3n) is 2.10. The van der Waals surface area contributed by atoms with E-state index in [0.717, 1.165) is 5.56 Å². The predicted octanol–water partition coefficient (Wildman–Crippen LogP) is 1.97. The van der Waals surface area contributed by atoms with Gasteiger partial charge in [-0.3, -0.25) is 0 Å². The van der Waals surface area contributed by atoms with Crippen molar-refractivity contribution in [1.82, 2.24) is 15.4 Å². The van der Waals surface area contributed by atoms with Crippen LogP contribution in [0.1, 0.15) is 16.1 Å². The van der Waals surface area contributed by atoms with Crippen LogP contribution in [-0.2, 0) is 0 Å². The first-order chi connectivity index (χ1) is 9.20. The van der Waals surface area contributed by atoms with Crippen LogP contribution in [-0.4, -0.2) is 32.7 Å². The number of carboxylic acids is 1. The van der Waals surface area contributed by atoms with Crippen LogP contribution < -0.4 is 4.74 Å². The Morgan fingerprint density at radius 2 is 2.16 bits per heavy atom. The molecule has 0 fully saturated rings. The van der Waals surface area contributed by atoms with Gasteiger partial charge in [-0.15, -0.1) is 0 Å². The predicted molar refractivity (Wildman–Crippen MR) is 70.3 cm³/mol.